The van der Waals surface area contributed by atoms with E-state index in [4.69, 9.17) is 14.2 Å². The van der Waals surface area contributed by atoms with Crippen LogP contribution in [0.15, 0.2) is 69.6 Å². The first-order chi connectivity index (χ1) is 18.7. The number of benzene rings is 2. The van der Waals surface area contributed by atoms with E-state index >= 15 is 0 Å². The summed E-state index contributed by atoms with van der Waals surface area (Å²) >= 11 is 1.27. The molecule has 8 nitrogen and oxygen atoms in total. The molecule has 4 rings (SSSR count). The highest BCUT2D eigenvalue weighted by molar-refractivity contribution is 7.07. The number of aromatic nitrogens is 1. The summed E-state index contributed by atoms with van der Waals surface area (Å²) in [6, 6.07) is 14.4. The van der Waals surface area contributed by atoms with E-state index in [0.29, 0.717) is 38.9 Å². The smallest absolute Gasteiger partial charge is 0.344 e. The molecule has 39 heavy (non-hydrogen) atoms. The summed E-state index contributed by atoms with van der Waals surface area (Å²) in [5, 5.41) is 0. The van der Waals surface area contributed by atoms with E-state index in [0.717, 1.165) is 11.1 Å². The number of thiazole rings is 1. The number of carbonyl (C=O) groups is 2. The van der Waals surface area contributed by atoms with E-state index in [1.165, 1.54) is 16.9 Å². The second-order valence-corrected chi connectivity index (χ2v) is 10.3. The lowest BCUT2D eigenvalue weighted by molar-refractivity contribution is -0.145. The fourth-order valence-corrected chi connectivity index (χ4v) is 5.37. The Morgan fingerprint density at radius 3 is 2.31 bits per heavy atom. The first-order valence-electron chi connectivity index (χ1n) is 12.9. The summed E-state index contributed by atoms with van der Waals surface area (Å²) in [6.45, 7) is 9.83. The Hall–Kier alpha value is -3.98. The number of allylic oxidation sites excluding steroid dienone is 1. The maximum Gasteiger partial charge on any atom is 0.344 e. The van der Waals surface area contributed by atoms with Gasteiger partial charge in [-0.15, -0.1) is 0 Å². The third kappa shape index (κ3) is 6.20. The molecule has 0 aliphatic carbocycles. The normalized spacial score (nSPS) is 15.1. The molecule has 0 fully saturated rings. The molecular weight excluding hydrogens is 516 g/mol. The van der Waals surface area contributed by atoms with Crippen LogP contribution in [-0.4, -0.2) is 36.3 Å². The molecule has 0 saturated carbocycles. The summed E-state index contributed by atoms with van der Waals surface area (Å²) in [7, 11) is 0. The van der Waals surface area contributed by atoms with Crippen molar-refractivity contribution < 1.29 is 23.8 Å². The van der Waals surface area contributed by atoms with Gasteiger partial charge >= 0.3 is 11.9 Å². The minimum atomic E-state index is -0.651. The van der Waals surface area contributed by atoms with Gasteiger partial charge < -0.3 is 14.2 Å². The van der Waals surface area contributed by atoms with Crippen LogP contribution in [0.2, 0.25) is 0 Å². The molecule has 0 spiro atoms. The Labute approximate surface area is 230 Å². The quantitative estimate of drug-likeness (QED) is 0.377. The van der Waals surface area contributed by atoms with E-state index < -0.39 is 18.0 Å². The second kappa shape index (κ2) is 12.3. The standard InChI is InChI=1S/C30H32N2O6S/c1-6-36-25(33)17-38-23-14-8-20(9-15-23)16-24-28(34)32-27(22-12-10-21(11-13-22)18(3)4)26(29(35)37-7-2)19(5)31-30(32)39-24/h8-16,18,27H,6-7,17H2,1-5H3/b24-16+. The third-order valence-corrected chi connectivity index (χ3v) is 7.26. The van der Waals surface area contributed by atoms with Crippen LogP contribution in [-0.2, 0) is 19.1 Å². The van der Waals surface area contributed by atoms with Gasteiger partial charge in [-0.3, -0.25) is 9.36 Å². The second-order valence-electron chi connectivity index (χ2n) is 9.29. The Balaban J connectivity index is 1.74. The Bertz CT molecular complexity index is 1560. The summed E-state index contributed by atoms with van der Waals surface area (Å²) in [6.07, 6.45) is 1.78. The lowest BCUT2D eigenvalue weighted by atomic mass is 9.93. The topological polar surface area (TPSA) is 96.2 Å². The molecule has 2 aromatic carbocycles. The van der Waals surface area contributed by atoms with Crippen molar-refractivity contribution >= 4 is 29.4 Å². The zero-order valence-corrected chi connectivity index (χ0v) is 23.5. The summed E-state index contributed by atoms with van der Waals surface area (Å²) in [5.41, 5.74) is 3.40. The number of carbonyl (C=O) groups excluding carboxylic acids is 2. The van der Waals surface area contributed by atoms with Crippen molar-refractivity contribution in [3.63, 3.8) is 0 Å². The van der Waals surface area contributed by atoms with E-state index in [2.05, 4.69) is 18.8 Å². The Morgan fingerprint density at radius 2 is 1.69 bits per heavy atom. The van der Waals surface area contributed by atoms with Gasteiger partial charge in [0.25, 0.3) is 5.56 Å². The van der Waals surface area contributed by atoms with Gasteiger partial charge in [-0.2, -0.15) is 0 Å². The molecule has 1 atom stereocenters. The van der Waals surface area contributed by atoms with Crippen LogP contribution < -0.4 is 19.6 Å². The molecule has 3 aromatic rings. The molecule has 0 N–H and O–H groups in total. The molecule has 1 aliphatic rings. The summed E-state index contributed by atoms with van der Waals surface area (Å²) in [4.78, 5) is 43.5. The number of rotatable bonds is 9. The van der Waals surface area contributed by atoms with Gasteiger partial charge in [-0.05, 0) is 61.6 Å². The first kappa shape index (κ1) is 28.0. The molecule has 0 radical (unpaired) electrons. The third-order valence-electron chi connectivity index (χ3n) is 6.28. The van der Waals surface area contributed by atoms with Crippen LogP contribution in [0.3, 0.4) is 0 Å². The van der Waals surface area contributed by atoms with Crippen LogP contribution in [0.1, 0.15) is 63.3 Å². The molecule has 2 heterocycles. The minimum absolute atomic E-state index is 0.175. The molecule has 0 amide bonds. The van der Waals surface area contributed by atoms with Gasteiger partial charge in [0, 0.05) is 0 Å². The van der Waals surface area contributed by atoms with Crippen molar-refractivity contribution in [2.45, 2.75) is 46.6 Å². The number of nitrogens with zero attached hydrogens (tertiary/aromatic N) is 2. The highest BCUT2D eigenvalue weighted by Gasteiger charge is 2.33. The van der Waals surface area contributed by atoms with Gasteiger partial charge in [0.2, 0.25) is 0 Å². The van der Waals surface area contributed by atoms with Gasteiger partial charge in [0.1, 0.15) is 5.75 Å². The van der Waals surface area contributed by atoms with Crippen LogP contribution in [0.5, 0.6) is 5.75 Å². The summed E-state index contributed by atoms with van der Waals surface area (Å²) in [5.74, 6) is -0.0519. The summed E-state index contributed by atoms with van der Waals surface area (Å²) < 4.78 is 17.8. The number of hydrogen-bond donors (Lipinski definition) is 0. The first-order valence-corrected chi connectivity index (χ1v) is 13.7. The molecule has 0 saturated heterocycles. The van der Waals surface area contributed by atoms with Gasteiger partial charge in [-0.1, -0.05) is 61.6 Å². The minimum Gasteiger partial charge on any atom is -0.482 e. The van der Waals surface area contributed by atoms with Crippen LogP contribution in [0, 0.1) is 0 Å². The SMILES string of the molecule is CCOC(=O)COc1ccc(/C=c2/sc3n(c2=O)C(c2ccc(C(C)C)cc2)C(C(=O)OCC)=C(C)N=3)cc1. The van der Waals surface area contributed by atoms with Crippen molar-refractivity contribution in [3.05, 3.63) is 96.2 Å². The molecular formula is C30H32N2O6S. The number of ether oxygens (including phenoxy) is 3. The molecule has 1 unspecified atom stereocenters. The van der Waals surface area contributed by atoms with Crippen molar-refractivity contribution in [1.29, 1.82) is 0 Å². The largest absolute Gasteiger partial charge is 0.482 e. The van der Waals surface area contributed by atoms with E-state index in [-0.39, 0.29) is 18.8 Å². The van der Waals surface area contributed by atoms with Gasteiger partial charge in [0.15, 0.2) is 11.4 Å². The number of fused-ring (bicyclic) bond motifs is 1. The monoisotopic (exact) mass is 548 g/mol. The van der Waals surface area contributed by atoms with Crippen LogP contribution >= 0.6 is 11.3 Å². The zero-order valence-electron chi connectivity index (χ0n) is 22.7. The maximum atomic E-state index is 13.7. The van der Waals surface area contributed by atoms with Crippen molar-refractivity contribution in [3.8, 4) is 5.75 Å². The fraction of sp³-hybridized carbons (Fsp3) is 0.333. The molecule has 1 aromatic heterocycles. The lowest BCUT2D eigenvalue weighted by Crippen LogP contribution is -2.39. The Morgan fingerprint density at radius 1 is 1.03 bits per heavy atom. The van der Waals surface area contributed by atoms with Gasteiger partial charge in [-0.25, -0.2) is 14.6 Å². The molecule has 9 heteroatoms. The van der Waals surface area contributed by atoms with Crippen molar-refractivity contribution in [2.75, 3.05) is 19.8 Å². The van der Waals surface area contributed by atoms with Crippen molar-refractivity contribution in [1.82, 2.24) is 4.57 Å². The van der Waals surface area contributed by atoms with Crippen molar-refractivity contribution in [2.24, 2.45) is 4.99 Å². The zero-order chi connectivity index (χ0) is 28.1. The predicted octanol–water partition coefficient (Wildman–Crippen LogP) is 3.86. The Kier molecular flexibility index (Phi) is 8.81. The van der Waals surface area contributed by atoms with E-state index in [1.54, 1.807) is 55.7 Å². The van der Waals surface area contributed by atoms with Crippen LogP contribution in [0.25, 0.3) is 6.08 Å². The van der Waals surface area contributed by atoms with E-state index in [1.807, 2.05) is 24.3 Å². The average Bonchev–Trinajstić information content (AvgIpc) is 3.21. The van der Waals surface area contributed by atoms with Crippen LogP contribution in [0.4, 0.5) is 0 Å². The van der Waals surface area contributed by atoms with Gasteiger partial charge in [0.05, 0.1) is 35.1 Å². The van der Waals surface area contributed by atoms with E-state index in [9.17, 15) is 14.4 Å². The number of esters is 2. The fourth-order valence-electron chi connectivity index (χ4n) is 4.33. The molecule has 204 valence electrons. The number of hydrogen-bond acceptors (Lipinski definition) is 8. The maximum absolute atomic E-state index is 13.7. The lowest BCUT2D eigenvalue weighted by Gasteiger charge is -2.25. The molecule has 0 bridgehead atoms. The highest BCUT2D eigenvalue weighted by atomic mass is 32.1. The molecule has 1 aliphatic heterocycles. The highest BCUT2D eigenvalue weighted by Crippen LogP contribution is 2.31. The predicted molar refractivity (Wildman–Crippen MR) is 149 cm³/mol. The average molecular weight is 549 g/mol.